The number of nitrogens with one attached hydrogen (secondary N) is 1. The minimum atomic E-state index is -1.00. The van der Waals surface area contributed by atoms with Gasteiger partial charge in [0.15, 0.2) is 5.75 Å². The number of non-ortho nitro benzene ring substituents is 1. The van der Waals surface area contributed by atoms with Crippen molar-refractivity contribution in [2.45, 2.75) is 91.2 Å². The molecule has 3 amide bonds. The topological polar surface area (TPSA) is 238 Å². The van der Waals surface area contributed by atoms with Gasteiger partial charge in [-0.05, 0) is 115 Å². The summed E-state index contributed by atoms with van der Waals surface area (Å²) in [5.74, 6) is 0.0725. The molecule has 2 aromatic carbocycles. The van der Waals surface area contributed by atoms with Crippen LogP contribution in [0.1, 0.15) is 82.3 Å². The summed E-state index contributed by atoms with van der Waals surface area (Å²) in [6.45, 7) is 14.9. The molecule has 1 aliphatic rings. The summed E-state index contributed by atoms with van der Waals surface area (Å²) in [5.41, 5.74) is 6.52. The SMILES string of the molecule is CC(NC(=O)c1ccncc1OP(C)COC(C)(C)CCN)C(=O)N1CCCC1.CN(Cc1cc(N(C)O)ccc1COC(=O)Oc1ccc([N+](=O)[O-])cc1)C(=O)OC(C)(C)C.[U]. The average molecular weight is 1120 g/mol. The van der Waals surface area contributed by atoms with Crippen molar-refractivity contribution in [1.29, 1.82) is 0 Å². The molecule has 2 heterocycles. The molecule has 63 heavy (non-hydrogen) atoms. The maximum absolute atomic E-state index is 12.8. The Balaban J connectivity index is 0.000000430. The van der Waals surface area contributed by atoms with Crippen LogP contribution >= 0.6 is 8.15 Å². The Kier molecular flexibility index (Phi) is 22.2. The third-order valence-corrected chi connectivity index (χ3v) is 10.1. The number of hydroxylamine groups is 1. The second kappa shape index (κ2) is 25.7. The van der Waals surface area contributed by atoms with Crippen molar-refractivity contribution in [2.24, 2.45) is 5.73 Å². The predicted octanol–water partition coefficient (Wildman–Crippen LogP) is 6.83. The number of hydrogen-bond donors (Lipinski definition) is 3. The molecular formula is C42H60N7O12PU. The van der Waals surface area contributed by atoms with Gasteiger partial charge in [-0.15, -0.1) is 0 Å². The molecule has 1 aromatic heterocycles. The van der Waals surface area contributed by atoms with E-state index >= 15 is 0 Å². The van der Waals surface area contributed by atoms with Crippen LogP contribution in [0, 0.1) is 41.2 Å². The Bertz CT molecular complexity index is 1980. The third kappa shape index (κ3) is 19.0. The van der Waals surface area contributed by atoms with Gasteiger partial charge in [-0.2, -0.15) is 0 Å². The van der Waals surface area contributed by atoms with Crippen molar-refractivity contribution in [3.63, 3.8) is 0 Å². The van der Waals surface area contributed by atoms with Crippen LogP contribution < -0.4 is 25.4 Å². The number of carbonyl (C=O) groups is 4. The number of amides is 3. The summed E-state index contributed by atoms with van der Waals surface area (Å²) in [5, 5.41) is 24.2. The number of ether oxygens (including phenoxy) is 4. The van der Waals surface area contributed by atoms with E-state index in [9.17, 15) is 34.5 Å². The second-order valence-electron chi connectivity index (χ2n) is 16.1. The molecule has 2 atom stereocenters. The maximum Gasteiger partial charge on any atom is 0.514 e. The van der Waals surface area contributed by atoms with E-state index in [1.807, 2.05) is 20.5 Å². The largest absolute Gasteiger partial charge is 0.514 e. The summed E-state index contributed by atoms with van der Waals surface area (Å²) in [7, 11) is 2.05. The standard InChI is InChI=1S/C22H27N3O8.C20H33N4O4P.U/c1-22(2,3)33-20(26)23(4)13-16-12-18(24(5)28)7-6-15(16)14-31-21(27)32-19-10-8-17(9-11-19)25(29)30;1-15(19(26)24-11-5-6-12-24)23-18(25)16-7-10-22-13-17(16)28-29(4)14-27-20(2,3)8-9-21;/h6-12,28H,13-14H2,1-5H3;7,10,13,15H,5-6,8-9,11-12,14,21H2,1-4H3,(H,23,25);. The Morgan fingerprint density at radius 1 is 1.03 bits per heavy atom. The Labute approximate surface area is 393 Å². The van der Waals surface area contributed by atoms with Crippen molar-refractivity contribution in [1.82, 2.24) is 20.1 Å². The number of nitro benzene ring substituents is 1. The number of benzene rings is 2. The van der Waals surface area contributed by atoms with Gasteiger partial charge in [0.2, 0.25) is 5.91 Å². The van der Waals surface area contributed by atoms with Crippen molar-refractivity contribution >= 4 is 43.6 Å². The fourth-order valence-corrected chi connectivity index (χ4v) is 6.79. The molecule has 0 saturated carbocycles. The quantitative estimate of drug-likeness (QED) is 0.0413. The third-order valence-electron chi connectivity index (χ3n) is 9.07. The number of pyridine rings is 1. The Morgan fingerprint density at radius 2 is 1.68 bits per heavy atom. The van der Waals surface area contributed by atoms with Crippen molar-refractivity contribution < 1.29 is 83.9 Å². The summed E-state index contributed by atoms with van der Waals surface area (Å²) in [6, 6.07) is 10.9. The van der Waals surface area contributed by atoms with Crippen molar-refractivity contribution in [3.05, 3.63) is 87.7 Å². The van der Waals surface area contributed by atoms with Gasteiger partial charge in [0, 0.05) is 83.2 Å². The summed E-state index contributed by atoms with van der Waals surface area (Å²) < 4.78 is 27.4. The van der Waals surface area contributed by atoms with E-state index in [1.54, 1.807) is 63.9 Å². The molecule has 2 unspecified atom stereocenters. The first kappa shape index (κ1) is 54.6. The van der Waals surface area contributed by atoms with Gasteiger partial charge in [-0.3, -0.25) is 35.0 Å². The molecule has 0 radical (unpaired) electrons. The Morgan fingerprint density at radius 3 is 2.27 bits per heavy atom. The van der Waals surface area contributed by atoms with E-state index in [4.69, 9.17) is 29.2 Å². The first-order valence-corrected chi connectivity index (χ1v) is 21.8. The van der Waals surface area contributed by atoms with Gasteiger partial charge in [0.25, 0.3) is 11.6 Å². The minimum Gasteiger partial charge on any atom is -0.470 e. The fraction of sp³-hybridized carbons (Fsp3) is 0.500. The molecule has 1 saturated heterocycles. The molecular weight excluding hydrogens is 1060 g/mol. The molecule has 4 N–H and O–H groups in total. The van der Waals surface area contributed by atoms with E-state index in [1.165, 1.54) is 48.6 Å². The molecule has 21 heteroatoms. The average Bonchev–Trinajstić information content (AvgIpc) is 3.74. The molecule has 1 fully saturated rings. The van der Waals surface area contributed by atoms with Crippen LogP contribution in [0.5, 0.6) is 11.5 Å². The van der Waals surface area contributed by atoms with Crippen LogP contribution in [0.3, 0.4) is 0 Å². The van der Waals surface area contributed by atoms with Crippen LogP contribution in [-0.4, -0.2) is 113 Å². The number of rotatable bonds is 17. The summed E-state index contributed by atoms with van der Waals surface area (Å²) in [4.78, 5) is 67.0. The van der Waals surface area contributed by atoms with Gasteiger partial charge in [-0.1, -0.05) is 6.07 Å². The monoisotopic (exact) mass is 1120 g/mol. The molecule has 0 spiro atoms. The smallest absolute Gasteiger partial charge is 0.470 e. The van der Waals surface area contributed by atoms with Crippen molar-refractivity contribution in [3.8, 4) is 11.5 Å². The first-order valence-electron chi connectivity index (χ1n) is 19.9. The van der Waals surface area contributed by atoms with Crippen LogP contribution in [0.2, 0.25) is 0 Å². The van der Waals surface area contributed by atoms with E-state index < -0.39 is 37.0 Å². The van der Waals surface area contributed by atoms with Gasteiger partial charge < -0.3 is 44.3 Å². The molecule has 3 aromatic rings. The number of nitrogens with two attached hydrogens (primary N) is 1. The maximum atomic E-state index is 12.8. The zero-order chi connectivity index (χ0) is 46.2. The van der Waals surface area contributed by atoms with Crippen LogP contribution in [0.15, 0.2) is 60.9 Å². The summed E-state index contributed by atoms with van der Waals surface area (Å²) >= 11 is 0. The number of nitro groups is 1. The van der Waals surface area contributed by atoms with E-state index in [0.717, 1.165) is 37.4 Å². The molecule has 0 bridgehead atoms. The van der Waals surface area contributed by atoms with Gasteiger partial charge in [0.1, 0.15) is 38.5 Å². The minimum absolute atomic E-state index is 0. The normalized spacial score (nSPS) is 13.2. The van der Waals surface area contributed by atoms with Gasteiger partial charge in [-0.25, -0.2) is 9.59 Å². The summed E-state index contributed by atoms with van der Waals surface area (Å²) in [6.07, 6.45) is 4.72. The molecule has 19 nitrogen and oxygen atoms in total. The Hall–Kier alpha value is -4.57. The number of anilines is 1. The molecule has 1 aliphatic heterocycles. The van der Waals surface area contributed by atoms with Crippen LogP contribution in [0.25, 0.3) is 0 Å². The zero-order valence-electron chi connectivity index (χ0n) is 37.4. The van der Waals surface area contributed by atoms with Gasteiger partial charge >= 0.3 is 12.2 Å². The number of aromatic nitrogens is 1. The zero-order valence-corrected chi connectivity index (χ0v) is 42.5. The second-order valence-corrected chi connectivity index (χ2v) is 17.8. The van der Waals surface area contributed by atoms with E-state index in [0.29, 0.717) is 41.0 Å². The molecule has 4 rings (SSSR count). The number of likely N-dealkylation sites (tertiary alicyclic amines) is 1. The van der Waals surface area contributed by atoms with Crippen LogP contribution in [-0.2, 0) is 32.2 Å². The van der Waals surface area contributed by atoms with Crippen LogP contribution in [0.4, 0.5) is 21.0 Å². The van der Waals surface area contributed by atoms with E-state index in [-0.39, 0.29) is 73.1 Å². The number of hydrogen-bond acceptors (Lipinski definition) is 15. The first-order chi connectivity index (χ1) is 29.1. The fourth-order valence-electron chi connectivity index (χ4n) is 5.73. The van der Waals surface area contributed by atoms with Crippen molar-refractivity contribution in [2.75, 3.05) is 51.8 Å². The molecule has 344 valence electrons. The molecule has 0 aliphatic carbocycles. The number of nitrogens with zero attached hydrogens (tertiary/aromatic N) is 5. The van der Waals surface area contributed by atoms with E-state index in [2.05, 4.69) is 10.3 Å². The van der Waals surface area contributed by atoms with Gasteiger partial charge in [0.05, 0.1) is 28.0 Å². The predicted molar refractivity (Wildman–Crippen MR) is 232 cm³/mol. The number of carbonyl (C=O) groups excluding carboxylic acids is 4.